The van der Waals surface area contributed by atoms with Crippen LogP contribution in [0.1, 0.15) is 16.1 Å². The summed E-state index contributed by atoms with van der Waals surface area (Å²) in [5.41, 5.74) is 0.680. The molecule has 14 heavy (non-hydrogen) atoms. The van der Waals surface area contributed by atoms with E-state index in [4.69, 9.17) is 0 Å². The fourth-order valence-electron chi connectivity index (χ4n) is 0.879. The average Bonchev–Trinajstić information content (AvgIpc) is 2.15. The normalized spacial score (nSPS) is 10.3. The molecule has 0 saturated heterocycles. The maximum atomic E-state index is 11.8. The van der Waals surface area contributed by atoms with Gasteiger partial charge in [-0.1, -0.05) is 0 Å². The lowest BCUT2D eigenvalue weighted by Crippen LogP contribution is -2.29. The molecule has 0 radical (unpaired) electrons. The zero-order valence-electron chi connectivity index (χ0n) is 7.50. The van der Waals surface area contributed by atoms with Gasteiger partial charge in [-0.05, 0) is 6.92 Å². The Bertz CT molecular complexity index is 330. The Morgan fingerprint density at radius 1 is 1.64 bits per heavy atom. The highest BCUT2D eigenvalue weighted by Gasteiger charge is 2.11. The zero-order chi connectivity index (χ0) is 10.6. The molecule has 1 rings (SSSR count). The van der Waals surface area contributed by atoms with Gasteiger partial charge in [-0.2, -0.15) is 0 Å². The third-order valence-electron chi connectivity index (χ3n) is 1.57. The highest BCUT2D eigenvalue weighted by molar-refractivity contribution is 5.94. The Kier molecular flexibility index (Phi) is 3.44. The van der Waals surface area contributed by atoms with Crippen LogP contribution in [0.2, 0.25) is 0 Å². The number of hydrogen-bond donors (Lipinski definition) is 1. The second kappa shape index (κ2) is 4.59. The van der Waals surface area contributed by atoms with Crippen LogP contribution < -0.4 is 5.32 Å². The predicted molar refractivity (Wildman–Crippen MR) is 45.1 cm³/mol. The highest BCUT2D eigenvalue weighted by atomic mass is 19.3. The highest BCUT2D eigenvalue weighted by Crippen LogP contribution is 2.01. The molecule has 76 valence electrons. The minimum Gasteiger partial charge on any atom is -0.346 e. The lowest BCUT2D eigenvalue weighted by molar-refractivity contribution is 0.0890. The average molecular weight is 201 g/mol. The van der Waals surface area contributed by atoms with Crippen LogP contribution in [0, 0.1) is 6.92 Å². The van der Waals surface area contributed by atoms with Gasteiger partial charge < -0.3 is 5.32 Å². The number of halogens is 2. The van der Waals surface area contributed by atoms with Crippen molar-refractivity contribution < 1.29 is 13.6 Å². The molecule has 0 aliphatic rings. The Morgan fingerprint density at radius 3 is 2.93 bits per heavy atom. The summed E-state index contributed by atoms with van der Waals surface area (Å²) in [6, 6.07) is 0. The molecular weight excluding hydrogens is 192 g/mol. The van der Waals surface area contributed by atoms with Crippen LogP contribution in [0.5, 0.6) is 0 Å². The first-order valence-corrected chi connectivity index (χ1v) is 3.94. The van der Waals surface area contributed by atoms with Crippen molar-refractivity contribution in [2.24, 2.45) is 0 Å². The molecule has 6 heteroatoms. The molecule has 0 saturated carbocycles. The van der Waals surface area contributed by atoms with Crippen molar-refractivity contribution in [2.75, 3.05) is 6.54 Å². The Labute approximate surface area is 79.4 Å². The fourth-order valence-corrected chi connectivity index (χ4v) is 0.879. The van der Waals surface area contributed by atoms with Crippen molar-refractivity contribution in [3.8, 4) is 0 Å². The maximum absolute atomic E-state index is 11.8. The number of aryl methyl sites for hydroxylation is 1. The fraction of sp³-hybridized carbons (Fsp3) is 0.375. The number of carbonyl (C=O) groups excluding carboxylic acids is 1. The summed E-state index contributed by atoms with van der Waals surface area (Å²) in [7, 11) is 0. The van der Waals surface area contributed by atoms with E-state index in [9.17, 15) is 13.6 Å². The van der Waals surface area contributed by atoms with Crippen LogP contribution in [-0.4, -0.2) is 28.8 Å². The van der Waals surface area contributed by atoms with E-state index in [1.165, 1.54) is 12.5 Å². The largest absolute Gasteiger partial charge is 0.346 e. The topological polar surface area (TPSA) is 54.9 Å². The molecule has 1 aromatic heterocycles. The number of alkyl halides is 2. The SMILES string of the molecule is Cc1ncncc1C(=O)NCC(F)F. The molecule has 4 nitrogen and oxygen atoms in total. The van der Waals surface area contributed by atoms with Crippen molar-refractivity contribution in [2.45, 2.75) is 13.3 Å². The van der Waals surface area contributed by atoms with E-state index in [1.54, 1.807) is 6.92 Å². The first kappa shape index (κ1) is 10.5. The van der Waals surface area contributed by atoms with Gasteiger partial charge in [0.25, 0.3) is 12.3 Å². The van der Waals surface area contributed by atoms with Crippen LogP contribution >= 0.6 is 0 Å². The number of rotatable bonds is 3. The van der Waals surface area contributed by atoms with Gasteiger partial charge in [-0.15, -0.1) is 0 Å². The monoisotopic (exact) mass is 201 g/mol. The minimum atomic E-state index is -2.55. The molecule has 0 fully saturated rings. The minimum absolute atomic E-state index is 0.216. The van der Waals surface area contributed by atoms with Gasteiger partial charge in [0.15, 0.2) is 0 Å². The van der Waals surface area contributed by atoms with Crippen molar-refractivity contribution in [3.63, 3.8) is 0 Å². The van der Waals surface area contributed by atoms with Crippen molar-refractivity contribution in [1.82, 2.24) is 15.3 Å². The van der Waals surface area contributed by atoms with Gasteiger partial charge in [0.05, 0.1) is 17.8 Å². The number of nitrogens with one attached hydrogen (secondary N) is 1. The molecule has 0 unspecified atom stereocenters. The third-order valence-corrected chi connectivity index (χ3v) is 1.57. The van der Waals surface area contributed by atoms with Crippen molar-refractivity contribution >= 4 is 5.91 Å². The summed E-state index contributed by atoms with van der Waals surface area (Å²) in [5, 5.41) is 2.07. The first-order valence-electron chi connectivity index (χ1n) is 3.94. The second-order valence-corrected chi connectivity index (χ2v) is 2.62. The summed E-state index contributed by atoms with van der Waals surface area (Å²) in [6.07, 6.45) is 0.0337. The van der Waals surface area contributed by atoms with Crippen LogP contribution in [0.3, 0.4) is 0 Å². The molecular formula is C8H9F2N3O. The van der Waals surface area contributed by atoms with Gasteiger partial charge in [0.1, 0.15) is 6.33 Å². The number of nitrogens with zero attached hydrogens (tertiary/aromatic N) is 2. The smallest absolute Gasteiger partial charge is 0.255 e. The summed E-state index contributed by atoms with van der Waals surface area (Å²) in [4.78, 5) is 18.6. The second-order valence-electron chi connectivity index (χ2n) is 2.62. The molecule has 1 heterocycles. The Hall–Kier alpha value is -1.59. The van der Waals surface area contributed by atoms with E-state index in [0.717, 1.165) is 0 Å². The van der Waals surface area contributed by atoms with Gasteiger partial charge >= 0.3 is 0 Å². The maximum Gasteiger partial charge on any atom is 0.255 e. The van der Waals surface area contributed by atoms with E-state index in [1.807, 2.05) is 0 Å². The van der Waals surface area contributed by atoms with Gasteiger partial charge in [-0.3, -0.25) is 4.79 Å². The molecule has 0 aromatic carbocycles. The van der Waals surface area contributed by atoms with Crippen LogP contribution in [0.4, 0.5) is 8.78 Å². The lowest BCUT2D eigenvalue weighted by Gasteiger charge is -2.05. The van der Waals surface area contributed by atoms with E-state index >= 15 is 0 Å². The number of hydrogen-bond acceptors (Lipinski definition) is 3. The number of aromatic nitrogens is 2. The number of amides is 1. The predicted octanol–water partition coefficient (Wildman–Crippen LogP) is 0.780. The van der Waals surface area contributed by atoms with E-state index in [0.29, 0.717) is 5.69 Å². The first-order chi connectivity index (χ1) is 6.61. The molecule has 0 aliphatic heterocycles. The molecule has 0 bridgehead atoms. The Balaban J connectivity index is 2.65. The molecule has 1 N–H and O–H groups in total. The van der Waals surface area contributed by atoms with E-state index in [-0.39, 0.29) is 5.56 Å². The van der Waals surface area contributed by atoms with Crippen molar-refractivity contribution in [1.29, 1.82) is 0 Å². The van der Waals surface area contributed by atoms with Crippen LogP contribution in [0.25, 0.3) is 0 Å². The molecule has 0 spiro atoms. The van der Waals surface area contributed by atoms with E-state index in [2.05, 4.69) is 15.3 Å². The van der Waals surface area contributed by atoms with Crippen molar-refractivity contribution in [3.05, 3.63) is 23.8 Å². The van der Waals surface area contributed by atoms with Gasteiger partial charge in [0.2, 0.25) is 0 Å². The lowest BCUT2D eigenvalue weighted by atomic mass is 10.2. The van der Waals surface area contributed by atoms with Gasteiger partial charge in [-0.25, -0.2) is 18.7 Å². The third kappa shape index (κ3) is 2.72. The standard InChI is InChI=1S/C8H9F2N3O/c1-5-6(2-11-4-13-5)8(14)12-3-7(9)10/h2,4,7H,3H2,1H3,(H,12,14). The molecule has 0 atom stereocenters. The summed E-state index contributed by atoms with van der Waals surface area (Å²) in [6.45, 7) is 0.951. The summed E-state index contributed by atoms with van der Waals surface area (Å²) < 4.78 is 23.5. The van der Waals surface area contributed by atoms with E-state index < -0.39 is 18.9 Å². The zero-order valence-corrected chi connectivity index (χ0v) is 7.50. The van der Waals surface area contributed by atoms with Crippen LogP contribution in [-0.2, 0) is 0 Å². The van der Waals surface area contributed by atoms with Crippen LogP contribution in [0.15, 0.2) is 12.5 Å². The number of carbonyl (C=O) groups is 1. The molecule has 0 aliphatic carbocycles. The molecule has 1 amide bonds. The quantitative estimate of drug-likeness (QED) is 0.786. The van der Waals surface area contributed by atoms with Gasteiger partial charge in [0, 0.05) is 6.20 Å². The molecule has 1 aromatic rings. The summed E-state index contributed by atoms with van der Waals surface area (Å²) >= 11 is 0. The Morgan fingerprint density at radius 2 is 2.36 bits per heavy atom. The summed E-state index contributed by atoms with van der Waals surface area (Å²) in [5.74, 6) is -0.580.